The zero-order chi connectivity index (χ0) is 27.4. The molecule has 0 bridgehead atoms. The SMILES string of the molecule is CCOC(=O)c1ccc(NC(=O)CN2CC(C)(C(=O)OCC)C(c3ccc(C(F)(F)F)c(Cl)c3)=N2)cc1. The van der Waals surface area contributed by atoms with Crippen molar-refractivity contribution in [3.8, 4) is 0 Å². The Hall–Kier alpha value is -3.60. The Morgan fingerprint density at radius 3 is 2.30 bits per heavy atom. The second-order valence-corrected chi connectivity index (χ2v) is 8.77. The molecule has 0 aliphatic carbocycles. The molecule has 1 heterocycles. The van der Waals surface area contributed by atoms with Crippen LogP contribution in [0.2, 0.25) is 5.02 Å². The molecule has 2 aromatic rings. The number of hydrogen-bond donors (Lipinski definition) is 1. The van der Waals surface area contributed by atoms with Gasteiger partial charge in [0, 0.05) is 11.3 Å². The Balaban J connectivity index is 1.81. The van der Waals surface area contributed by atoms with E-state index >= 15 is 0 Å². The zero-order valence-electron chi connectivity index (χ0n) is 20.3. The van der Waals surface area contributed by atoms with E-state index in [0.717, 1.165) is 12.1 Å². The van der Waals surface area contributed by atoms with Crippen LogP contribution in [0.25, 0.3) is 0 Å². The van der Waals surface area contributed by atoms with Crippen molar-refractivity contribution in [1.82, 2.24) is 5.01 Å². The normalized spacial score (nSPS) is 17.3. The molecule has 1 unspecified atom stereocenters. The minimum Gasteiger partial charge on any atom is -0.465 e. The van der Waals surface area contributed by atoms with Crippen molar-refractivity contribution < 1.29 is 37.0 Å². The van der Waals surface area contributed by atoms with Crippen molar-refractivity contribution >= 4 is 40.8 Å². The fraction of sp³-hybridized carbons (Fsp3) is 0.360. The van der Waals surface area contributed by atoms with E-state index in [9.17, 15) is 27.6 Å². The highest BCUT2D eigenvalue weighted by molar-refractivity contribution is 6.32. The van der Waals surface area contributed by atoms with Crippen LogP contribution in [0.15, 0.2) is 47.6 Å². The number of carbonyl (C=O) groups excluding carboxylic acids is 3. The number of rotatable bonds is 8. The fourth-order valence-electron chi connectivity index (χ4n) is 3.81. The lowest BCUT2D eigenvalue weighted by molar-refractivity contribution is -0.150. The van der Waals surface area contributed by atoms with Gasteiger partial charge in [-0.2, -0.15) is 18.3 Å². The van der Waals surface area contributed by atoms with Gasteiger partial charge in [-0.3, -0.25) is 14.6 Å². The standard InChI is InChI=1S/C25H25ClF3N3O5/c1-4-36-22(34)15-6-9-17(10-7-15)30-20(33)13-32-14-24(3,23(35)37-5-2)21(31-32)16-8-11-18(19(26)12-16)25(27,28)29/h6-12H,4-5,13-14H2,1-3H3,(H,30,33). The lowest BCUT2D eigenvalue weighted by Gasteiger charge is -2.24. The maximum atomic E-state index is 13.2. The molecule has 0 fully saturated rings. The molecule has 8 nitrogen and oxygen atoms in total. The Morgan fingerprint density at radius 1 is 1.08 bits per heavy atom. The molecular formula is C25H25ClF3N3O5. The van der Waals surface area contributed by atoms with Crippen LogP contribution in [0.1, 0.15) is 42.3 Å². The molecule has 3 rings (SSSR count). The van der Waals surface area contributed by atoms with Crippen LogP contribution in [-0.2, 0) is 25.2 Å². The summed E-state index contributed by atoms with van der Waals surface area (Å²) in [6, 6.07) is 9.18. The summed E-state index contributed by atoms with van der Waals surface area (Å²) in [5, 5.41) is 7.84. The number of anilines is 1. The fourth-order valence-corrected chi connectivity index (χ4v) is 4.10. The van der Waals surface area contributed by atoms with E-state index in [1.165, 1.54) is 35.3 Å². The van der Waals surface area contributed by atoms with Gasteiger partial charge in [0.2, 0.25) is 5.91 Å². The van der Waals surface area contributed by atoms with Gasteiger partial charge in [0.15, 0.2) is 0 Å². The largest absolute Gasteiger partial charge is 0.465 e. The van der Waals surface area contributed by atoms with Crippen molar-refractivity contribution in [3.05, 3.63) is 64.2 Å². The van der Waals surface area contributed by atoms with E-state index in [4.69, 9.17) is 21.1 Å². The second-order valence-electron chi connectivity index (χ2n) is 8.36. The van der Waals surface area contributed by atoms with Crippen LogP contribution in [0.4, 0.5) is 18.9 Å². The number of halogens is 4. The highest BCUT2D eigenvalue weighted by Gasteiger charge is 2.47. The van der Waals surface area contributed by atoms with E-state index in [1.807, 2.05) is 0 Å². The molecule has 0 aromatic heterocycles. The predicted octanol–water partition coefficient (Wildman–Crippen LogP) is 4.76. The summed E-state index contributed by atoms with van der Waals surface area (Å²) in [5.41, 5.74) is -1.29. The van der Waals surface area contributed by atoms with Crippen molar-refractivity contribution in [2.75, 3.05) is 31.6 Å². The van der Waals surface area contributed by atoms with Gasteiger partial charge in [0.25, 0.3) is 0 Å². The second kappa shape index (κ2) is 11.2. The van der Waals surface area contributed by atoms with Crippen LogP contribution in [0.3, 0.4) is 0 Å². The van der Waals surface area contributed by atoms with Gasteiger partial charge in [-0.15, -0.1) is 0 Å². The zero-order valence-corrected chi connectivity index (χ0v) is 21.1. The number of alkyl halides is 3. The smallest absolute Gasteiger partial charge is 0.417 e. The van der Waals surface area contributed by atoms with E-state index in [-0.39, 0.29) is 37.6 Å². The first-order valence-electron chi connectivity index (χ1n) is 11.3. The molecule has 0 saturated heterocycles. The number of nitrogens with one attached hydrogen (secondary N) is 1. The van der Waals surface area contributed by atoms with Gasteiger partial charge in [0.1, 0.15) is 12.0 Å². The van der Waals surface area contributed by atoms with Gasteiger partial charge in [-0.25, -0.2) is 4.79 Å². The number of nitrogens with zero attached hydrogens (tertiary/aromatic N) is 2. The molecule has 0 radical (unpaired) electrons. The third-order valence-corrected chi connectivity index (χ3v) is 5.86. The highest BCUT2D eigenvalue weighted by Crippen LogP contribution is 2.38. The van der Waals surface area contributed by atoms with Crippen LogP contribution in [0, 0.1) is 5.41 Å². The molecule has 2 aromatic carbocycles. The lowest BCUT2D eigenvalue weighted by atomic mass is 9.82. The van der Waals surface area contributed by atoms with Gasteiger partial charge in [-0.05, 0) is 57.2 Å². The molecule has 0 spiro atoms. The molecule has 1 aliphatic rings. The highest BCUT2D eigenvalue weighted by atomic mass is 35.5. The van der Waals surface area contributed by atoms with Crippen LogP contribution in [-0.4, -0.2) is 54.9 Å². The van der Waals surface area contributed by atoms with E-state index in [2.05, 4.69) is 10.4 Å². The Kier molecular flexibility index (Phi) is 8.47. The molecule has 1 amide bonds. The summed E-state index contributed by atoms with van der Waals surface area (Å²) in [6.45, 7) is 4.87. The first-order valence-corrected chi connectivity index (χ1v) is 11.7. The van der Waals surface area contributed by atoms with Crippen LogP contribution >= 0.6 is 11.6 Å². The molecule has 0 saturated carbocycles. The summed E-state index contributed by atoms with van der Waals surface area (Å²) in [7, 11) is 0. The average molecular weight is 540 g/mol. The van der Waals surface area contributed by atoms with Gasteiger partial charge in [0.05, 0.1) is 41.6 Å². The summed E-state index contributed by atoms with van der Waals surface area (Å²) in [5.74, 6) is -1.59. The molecular weight excluding hydrogens is 515 g/mol. The first kappa shape index (κ1) is 28.0. The number of hydrazone groups is 1. The van der Waals surface area contributed by atoms with Crippen molar-refractivity contribution in [2.24, 2.45) is 10.5 Å². The lowest BCUT2D eigenvalue weighted by Crippen LogP contribution is -2.41. The Morgan fingerprint density at radius 2 is 1.73 bits per heavy atom. The van der Waals surface area contributed by atoms with Crippen LogP contribution in [0.5, 0.6) is 0 Å². The van der Waals surface area contributed by atoms with E-state index in [0.29, 0.717) is 11.3 Å². The number of amides is 1. The quantitative estimate of drug-likeness (QED) is 0.486. The van der Waals surface area contributed by atoms with Gasteiger partial charge < -0.3 is 14.8 Å². The average Bonchev–Trinajstić information content (AvgIpc) is 3.16. The summed E-state index contributed by atoms with van der Waals surface area (Å²) in [6.07, 6.45) is -4.64. The van der Waals surface area contributed by atoms with Crippen molar-refractivity contribution in [2.45, 2.75) is 26.9 Å². The molecule has 1 atom stereocenters. The number of ether oxygens (including phenoxy) is 2. The monoisotopic (exact) mass is 539 g/mol. The Bertz CT molecular complexity index is 1220. The number of carbonyl (C=O) groups is 3. The maximum absolute atomic E-state index is 13.2. The predicted molar refractivity (Wildman–Crippen MR) is 130 cm³/mol. The summed E-state index contributed by atoms with van der Waals surface area (Å²) in [4.78, 5) is 37.3. The molecule has 1 aliphatic heterocycles. The number of esters is 2. The molecule has 198 valence electrons. The molecule has 12 heteroatoms. The minimum atomic E-state index is -4.64. The Labute approximate surface area is 216 Å². The van der Waals surface area contributed by atoms with Crippen molar-refractivity contribution in [3.63, 3.8) is 0 Å². The minimum absolute atomic E-state index is 0.0466. The van der Waals surface area contributed by atoms with E-state index < -0.39 is 40.0 Å². The number of hydrogen-bond acceptors (Lipinski definition) is 7. The third-order valence-electron chi connectivity index (χ3n) is 5.54. The van der Waals surface area contributed by atoms with Gasteiger partial charge in [-0.1, -0.05) is 17.7 Å². The number of benzene rings is 2. The van der Waals surface area contributed by atoms with Crippen molar-refractivity contribution in [1.29, 1.82) is 0 Å². The molecule has 1 N–H and O–H groups in total. The van der Waals surface area contributed by atoms with E-state index in [1.54, 1.807) is 20.8 Å². The topological polar surface area (TPSA) is 97.3 Å². The van der Waals surface area contributed by atoms with Gasteiger partial charge >= 0.3 is 18.1 Å². The van der Waals surface area contributed by atoms with Crippen LogP contribution < -0.4 is 5.32 Å². The summed E-state index contributed by atoms with van der Waals surface area (Å²) < 4.78 is 49.6. The third kappa shape index (κ3) is 6.40. The first-order chi connectivity index (χ1) is 17.4. The summed E-state index contributed by atoms with van der Waals surface area (Å²) >= 11 is 5.89. The molecule has 37 heavy (non-hydrogen) atoms. The maximum Gasteiger partial charge on any atom is 0.417 e.